The van der Waals surface area contributed by atoms with Gasteiger partial charge in [-0.15, -0.1) is 11.3 Å². The van der Waals surface area contributed by atoms with Crippen molar-refractivity contribution in [3.63, 3.8) is 0 Å². The molecular weight excluding hydrogens is 316 g/mol. The maximum atomic E-state index is 12.2. The van der Waals surface area contributed by atoms with Crippen molar-refractivity contribution in [2.75, 3.05) is 5.32 Å². The number of aromatic nitrogens is 1. The van der Waals surface area contributed by atoms with Crippen LogP contribution in [0.4, 0.5) is 5.69 Å². The molecule has 0 saturated heterocycles. The van der Waals surface area contributed by atoms with Crippen molar-refractivity contribution in [3.8, 4) is 11.3 Å². The fourth-order valence-corrected chi connectivity index (χ4v) is 3.28. The van der Waals surface area contributed by atoms with E-state index in [2.05, 4.69) is 41.5 Å². The van der Waals surface area contributed by atoms with Crippen LogP contribution in [0.25, 0.3) is 11.3 Å². The Bertz CT molecular complexity index is 837. The first-order valence-corrected chi connectivity index (χ1v) is 8.93. The van der Waals surface area contributed by atoms with Gasteiger partial charge in [0.15, 0.2) is 0 Å². The molecule has 0 spiro atoms. The minimum Gasteiger partial charge on any atom is -0.325 e. The van der Waals surface area contributed by atoms with Crippen LogP contribution in [0.2, 0.25) is 0 Å². The third-order valence-electron chi connectivity index (χ3n) is 3.94. The second kappa shape index (κ2) is 7.41. The van der Waals surface area contributed by atoms with Crippen LogP contribution in [0.5, 0.6) is 0 Å². The largest absolute Gasteiger partial charge is 0.325 e. The van der Waals surface area contributed by atoms with E-state index in [0.29, 0.717) is 6.42 Å². The van der Waals surface area contributed by atoms with Gasteiger partial charge in [0.25, 0.3) is 0 Å². The number of nitrogens with one attached hydrogen (secondary N) is 1. The summed E-state index contributed by atoms with van der Waals surface area (Å²) in [5.74, 6) is -0.0356. The first-order valence-electron chi connectivity index (χ1n) is 8.05. The Morgan fingerprint density at radius 3 is 2.58 bits per heavy atom. The molecule has 1 amide bonds. The molecule has 24 heavy (non-hydrogen) atoms. The number of benzene rings is 2. The zero-order chi connectivity index (χ0) is 16.9. The Labute approximate surface area is 146 Å². The number of anilines is 1. The van der Waals surface area contributed by atoms with Crippen LogP contribution in [0.3, 0.4) is 0 Å². The van der Waals surface area contributed by atoms with Gasteiger partial charge in [0.1, 0.15) is 5.01 Å². The summed E-state index contributed by atoms with van der Waals surface area (Å²) >= 11 is 1.53. The molecule has 0 aliphatic rings. The summed E-state index contributed by atoms with van der Waals surface area (Å²) in [4.78, 5) is 16.8. The lowest BCUT2D eigenvalue weighted by molar-refractivity contribution is -0.115. The molecule has 3 aromatic rings. The lowest BCUT2D eigenvalue weighted by Crippen LogP contribution is -2.14. The molecule has 1 N–H and O–H groups in total. The van der Waals surface area contributed by atoms with Crippen molar-refractivity contribution in [2.45, 2.75) is 26.7 Å². The van der Waals surface area contributed by atoms with E-state index in [4.69, 9.17) is 0 Å². The predicted molar refractivity (Wildman–Crippen MR) is 100 cm³/mol. The number of hydrogen-bond donors (Lipinski definition) is 1. The van der Waals surface area contributed by atoms with Crippen molar-refractivity contribution < 1.29 is 4.79 Å². The van der Waals surface area contributed by atoms with Crippen LogP contribution in [0.1, 0.15) is 23.1 Å². The van der Waals surface area contributed by atoms with E-state index in [1.165, 1.54) is 16.9 Å². The zero-order valence-corrected chi connectivity index (χ0v) is 14.7. The maximum absolute atomic E-state index is 12.2. The molecule has 0 unspecified atom stereocenters. The minimum atomic E-state index is -0.0356. The van der Waals surface area contributed by atoms with Crippen LogP contribution in [-0.4, -0.2) is 10.9 Å². The van der Waals surface area contributed by atoms with Crippen LogP contribution in [-0.2, 0) is 17.6 Å². The number of rotatable bonds is 5. The van der Waals surface area contributed by atoms with E-state index in [1.54, 1.807) is 0 Å². The highest BCUT2D eigenvalue weighted by molar-refractivity contribution is 7.10. The predicted octanol–water partition coefficient (Wildman–Crippen LogP) is 4.86. The van der Waals surface area contributed by atoms with Gasteiger partial charge in [-0.1, -0.05) is 49.4 Å². The lowest BCUT2D eigenvalue weighted by atomic mass is 10.1. The maximum Gasteiger partial charge on any atom is 0.231 e. The molecule has 0 aliphatic carbocycles. The van der Waals surface area contributed by atoms with E-state index < -0.39 is 0 Å². The van der Waals surface area contributed by atoms with Gasteiger partial charge in [0.2, 0.25) is 5.91 Å². The van der Waals surface area contributed by atoms with Gasteiger partial charge in [-0.3, -0.25) is 4.79 Å². The standard InChI is InChI=1S/C20H20N2OS/c1-3-15-8-10-16(11-9-15)18-13-24-20(22-18)12-19(23)21-17-7-5-4-6-14(17)2/h4-11,13H,3,12H2,1-2H3,(H,21,23). The number of nitrogens with zero attached hydrogens (tertiary/aromatic N) is 1. The van der Waals surface area contributed by atoms with Gasteiger partial charge in [0, 0.05) is 16.6 Å². The SMILES string of the molecule is CCc1ccc(-c2csc(CC(=O)Nc3ccccc3C)n2)cc1. The Balaban J connectivity index is 1.67. The Morgan fingerprint density at radius 2 is 1.88 bits per heavy atom. The molecular formula is C20H20N2OS. The summed E-state index contributed by atoms with van der Waals surface area (Å²) in [6, 6.07) is 16.2. The second-order valence-electron chi connectivity index (χ2n) is 5.72. The van der Waals surface area contributed by atoms with Gasteiger partial charge in [-0.2, -0.15) is 0 Å². The van der Waals surface area contributed by atoms with Gasteiger partial charge >= 0.3 is 0 Å². The molecule has 3 rings (SSSR count). The fourth-order valence-electron chi connectivity index (χ4n) is 2.48. The van der Waals surface area contributed by atoms with Crippen molar-refractivity contribution in [1.82, 2.24) is 4.98 Å². The van der Waals surface area contributed by atoms with Gasteiger partial charge in [-0.05, 0) is 30.5 Å². The average Bonchev–Trinajstić information content (AvgIpc) is 3.05. The number of para-hydroxylation sites is 1. The van der Waals surface area contributed by atoms with Crippen LogP contribution in [0.15, 0.2) is 53.9 Å². The van der Waals surface area contributed by atoms with Crippen molar-refractivity contribution in [3.05, 3.63) is 70.0 Å². The molecule has 0 bridgehead atoms. The third-order valence-corrected chi connectivity index (χ3v) is 4.79. The van der Waals surface area contributed by atoms with E-state index in [0.717, 1.165) is 33.9 Å². The summed E-state index contributed by atoms with van der Waals surface area (Å²) in [6.45, 7) is 4.13. The molecule has 1 heterocycles. The Kier molecular flexibility index (Phi) is 5.06. The van der Waals surface area contributed by atoms with Gasteiger partial charge in [0.05, 0.1) is 12.1 Å². The number of hydrogen-bond acceptors (Lipinski definition) is 3. The molecule has 0 fully saturated rings. The van der Waals surface area contributed by atoms with Crippen LogP contribution in [0, 0.1) is 6.92 Å². The molecule has 2 aromatic carbocycles. The van der Waals surface area contributed by atoms with Crippen molar-refractivity contribution in [2.24, 2.45) is 0 Å². The van der Waals surface area contributed by atoms with E-state index in [-0.39, 0.29) is 5.91 Å². The highest BCUT2D eigenvalue weighted by Gasteiger charge is 2.10. The number of aryl methyl sites for hydroxylation is 2. The molecule has 0 radical (unpaired) electrons. The number of thiazole rings is 1. The van der Waals surface area contributed by atoms with E-state index in [9.17, 15) is 4.79 Å². The number of carbonyl (C=O) groups is 1. The third kappa shape index (κ3) is 3.89. The first kappa shape index (κ1) is 16.4. The molecule has 0 atom stereocenters. The number of amides is 1. The summed E-state index contributed by atoms with van der Waals surface area (Å²) in [7, 11) is 0. The van der Waals surface area contributed by atoms with Crippen LogP contribution >= 0.6 is 11.3 Å². The minimum absolute atomic E-state index is 0.0356. The van der Waals surface area contributed by atoms with E-state index in [1.807, 2.05) is 36.6 Å². The van der Waals surface area contributed by atoms with E-state index >= 15 is 0 Å². The molecule has 0 aliphatic heterocycles. The summed E-state index contributed by atoms with van der Waals surface area (Å²) < 4.78 is 0. The topological polar surface area (TPSA) is 42.0 Å². The first-order chi connectivity index (χ1) is 11.7. The Hall–Kier alpha value is -2.46. The molecule has 0 saturated carbocycles. The molecule has 1 aromatic heterocycles. The normalized spacial score (nSPS) is 10.6. The van der Waals surface area contributed by atoms with Crippen molar-refractivity contribution >= 4 is 22.9 Å². The summed E-state index contributed by atoms with van der Waals surface area (Å²) in [5, 5.41) is 5.79. The van der Waals surface area contributed by atoms with Crippen molar-refractivity contribution in [1.29, 1.82) is 0 Å². The smallest absolute Gasteiger partial charge is 0.231 e. The average molecular weight is 336 g/mol. The summed E-state index contributed by atoms with van der Waals surface area (Å²) in [6.07, 6.45) is 1.33. The highest BCUT2D eigenvalue weighted by Crippen LogP contribution is 2.23. The second-order valence-corrected chi connectivity index (χ2v) is 6.66. The Morgan fingerprint density at radius 1 is 1.12 bits per heavy atom. The van der Waals surface area contributed by atoms with Crippen LogP contribution < -0.4 is 5.32 Å². The molecule has 4 heteroatoms. The zero-order valence-electron chi connectivity index (χ0n) is 13.9. The van der Waals surface area contributed by atoms with Gasteiger partial charge < -0.3 is 5.32 Å². The summed E-state index contributed by atoms with van der Waals surface area (Å²) in [5.41, 5.74) is 5.25. The number of carbonyl (C=O) groups excluding carboxylic acids is 1. The molecule has 3 nitrogen and oxygen atoms in total. The fraction of sp³-hybridized carbons (Fsp3) is 0.200. The van der Waals surface area contributed by atoms with Gasteiger partial charge in [-0.25, -0.2) is 4.98 Å². The monoisotopic (exact) mass is 336 g/mol. The highest BCUT2D eigenvalue weighted by atomic mass is 32.1. The molecule has 122 valence electrons. The quantitative estimate of drug-likeness (QED) is 0.723. The lowest BCUT2D eigenvalue weighted by Gasteiger charge is -2.06.